The van der Waals surface area contributed by atoms with Gasteiger partial charge in [-0.1, -0.05) is 115 Å². The van der Waals surface area contributed by atoms with Crippen LogP contribution in [0, 0.1) is 0 Å². The normalized spacial score (nSPS) is 11.5. The van der Waals surface area contributed by atoms with Crippen molar-refractivity contribution in [1.29, 1.82) is 0 Å². The molecule has 3 aromatic heterocycles. The van der Waals surface area contributed by atoms with E-state index < -0.39 is 6.92 Å². The Kier molecular flexibility index (Phi) is 7.21. The quantitative estimate of drug-likeness (QED) is 0.159. The first-order chi connectivity index (χ1) is 25.8. The van der Waals surface area contributed by atoms with Gasteiger partial charge in [0.15, 0.2) is 0 Å². The molecule has 0 bridgehead atoms. The smallest absolute Gasteiger partial charge is 0.426 e. The van der Waals surface area contributed by atoms with Crippen LogP contribution in [0.3, 0.4) is 0 Å². The third kappa shape index (κ3) is 4.98. The van der Waals surface area contributed by atoms with Crippen molar-refractivity contribution in [2.24, 2.45) is 0 Å². The average Bonchev–Trinajstić information content (AvgIpc) is 3.73. The number of hydrogen-bond acceptors (Lipinski definition) is 2. The van der Waals surface area contributed by atoms with E-state index in [1.165, 1.54) is 32.6 Å². The highest BCUT2D eigenvalue weighted by atomic mass is 16.4. The van der Waals surface area contributed by atoms with Gasteiger partial charge in [-0.15, -0.1) is 0 Å². The Morgan fingerprint density at radius 2 is 0.885 bits per heavy atom. The molecule has 0 N–H and O–H groups in total. The maximum Gasteiger partial charge on any atom is 0.426 e. The predicted octanol–water partition coefficient (Wildman–Crippen LogP) is 10.1. The monoisotopic (exact) mass is 665 g/mol. The van der Waals surface area contributed by atoms with Crippen LogP contribution in [0.1, 0.15) is 0 Å². The summed E-state index contributed by atoms with van der Waals surface area (Å²) >= 11 is 0. The van der Waals surface area contributed by atoms with E-state index in [1.54, 1.807) is 0 Å². The van der Waals surface area contributed by atoms with Gasteiger partial charge in [-0.3, -0.25) is 4.98 Å². The summed E-state index contributed by atoms with van der Waals surface area (Å²) in [5.41, 5.74) is 10.9. The number of rotatable bonds is 7. The van der Waals surface area contributed by atoms with Crippen molar-refractivity contribution in [3.8, 4) is 28.4 Å². The van der Waals surface area contributed by atoms with E-state index in [9.17, 15) is 0 Å². The van der Waals surface area contributed by atoms with Gasteiger partial charge in [0.1, 0.15) is 5.75 Å². The molecule has 0 aliphatic heterocycles. The minimum atomic E-state index is -0.406. The minimum Gasteiger partial charge on any atom is -0.551 e. The van der Waals surface area contributed by atoms with Gasteiger partial charge in [-0.25, -0.2) is 0 Å². The summed E-state index contributed by atoms with van der Waals surface area (Å²) in [5.74, 6) is 0.782. The number of benzene rings is 7. The Morgan fingerprint density at radius 1 is 0.404 bits per heavy atom. The molecule has 0 aliphatic rings. The van der Waals surface area contributed by atoms with Crippen LogP contribution < -0.4 is 15.6 Å². The molecule has 0 spiro atoms. The van der Waals surface area contributed by atoms with Gasteiger partial charge < -0.3 is 13.8 Å². The number of pyridine rings is 1. The van der Waals surface area contributed by atoms with E-state index in [1.807, 2.05) is 36.5 Å². The number of hydrogen-bond donors (Lipinski definition) is 0. The molecule has 5 heteroatoms. The molecule has 0 saturated carbocycles. The zero-order valence-corrected chi connectivity index (χ0v) is 28.3. The molecule has 244 valence electrons. The first kappa shape index (κ1) is 30.0. The molecule has 7 aromatic carbocycles. The SMILES string of the molecule is c1ccc(-n2c3ccccc3c3cc(B(Oc4ccccc4-c4ccccn4)c4ccc5c(c4)c4ccccc4n5-c4ccccc4)ccc32)cc1. The standard InChI is InChI=1S/C47H32BN3O/c1-3-15-35(16-4-1)50-43-23-10-7-19-37(43)40-31-33(26-28-45(40)50)48(52-47-25-12-9-21-39(47)42-22-13-14-30-49-42)34-27-29-46-41(32-34)38-20-8-11-24-44(38)51(46)36-17-5-2-6-18-36/h1-32H. The Morgan fingerprint density at radius 3 is 1.44 bits per heavy atom. The highest BCUT2D eigenvalue weighted by Gasteiger charge is 2.28. The van der Waals surface area contributed by atoms with Crippen molar-refractivity contribution in [2.75, 3.05) is 0 Å². The van der Waals surface area contributed by atoms with Crippen molar-refractivity contribution in [1.82, 2.24) is 14.1 Å². The van der Waals surface area contributed by atoms with E-state index in [-0.39, 0.29) is 0 Å². The molecule has 0 saturated heterocycles. The third-order valence-electron chi connectivity index (χ3n) is 10.1. The van der Waals surface area contributed by atoms with Gasteiger partial charge in [0.05, 0.1) is 27.8 Å². The Labute approximate surface area is 301 Å². The van der Waals surface area contributed by atoms with Gasteiger partial charge in [0.2, 0.25) is 0 Å². The molecule has 0 unspecified atom stereocenters. The zero-order valence-electron chi connectivity index (χ0n) is 28.3. The number of aromatic nitrogens is 3. The Hall–Kier alpha value is -6.85. The van der Waals surface area contributed by atoms with E-state index in [2.05, 4.69) is 167 Å². The van der Waals surface area contributed by atoms with Gasteiger partial charge in [0, 0.05) is 44.7 Å². The van der Waals surface area contributed by atoms with Crippen molar-refractivity contribution < 1.29 is 4.65 Å². The molecule has 0 atom stereocenters. The molecule has 0 radical (unpaired) electrons. The third-order valence-corrected chi connectivity index (χ3v) is 10.1. The van der Waals surface area contributed by atoms with E-state index in [0.717, 1.165) is 50.3 Å². The van der Waals surface area contributed by atoms with E-state index in [0.29, 0.717) is 0 Å². The first-order valence-corrected chi connectivity index (χ1v) is 17.7. The molecule has 0 fully saturated rings. The fourth-order valence-electron chi connectivity index (χ4n) is 7.78. The number of nitrogens with zero attached hydrogens (tertiary/aromatic N) is 3. The van der Waals surface area contributed by atoms with Crippen molar-refractivity contribution in [3.05, 3.63) is 194 Å². The lowest BCUT2D eigenvalue weighted by atomic mass is 9.55. The summed E-state index contributed by atoms with van der Waals surface area (Å²) in [7, 11) is 0. The van der Waals surface area contributed by atoms with Crippen molar-refractivity contribution >= 4 is 61.5 Å². The second kappa shape index (κ2) is 12.5. The second-order valence-electron chi connectivity index (χ2n) is 13.1. The molecule has 3 heterocycles. The summed E-state index contributed by atoms with van der Waals surface area (Å²) in [6.45, 7) is -0.406. The van der Waals surface area contributed by atoms with Gasteiger partial charge >= 0.3 is 6.92 Å². The molecular formula is C47H32BN3O. The van der Waals surface area contributed by atoms with Crippen molar-refractivity contribution in [3.63, 3.8) is 0 Å². The Bertz CT molecular complexity index is 2720. The zero-order chi connectivity index (χ0) is 34.4. The summed E-state index contributed by atoms with van der Waals surface area (Å²) in [5, 5.41) is 4.78. The summed E-state index contributed by atoms with van der Waals surface area (Å²) in [6.07, 6.45) is 1.83. The van der Waals surface area contributed by atoms with Crippen LogP contribution in [-0.2, 0) is 0 Å². The maximum absolute atomic E-state index is 7.22. The van der Waals surface area contributed by atoms with Crippen LogP contribution in [0.5, 0.6) is 5.75 Å². The predicted molar refractivity (Wildman–Crippen MR) is 217 cm³/mol. The van der Waals surface area contributed by atoms with Crippen LogP contribution in [0.2, 0.25) is 0 Å². The van der Waals surface area contributed by atoms with Gasteiger partial charge in [-0.2, -0.15) is 0 Å². The fraction of sp³-hybridized carbons (Fsp3) is 0. The van der Waals surface area contributed by atoms with Crippen LogP contribution in [0.15, 0.2) is 194 Å². The largest absolute Gasteiger partial charge is 0.551 e. The summed E-state index contributed by atoms with van der Waals surface area (Å²) < 4.78 is 11.9. The lowest BCUT2D eigenvalue weighted by Crippen LogP contribution is -2.47. The van der Waals surface area contributed by atoms with Crippen LogP contribution in [0.25, 0.3) is 66.2 Å². The first-order valence-electron chi connectivity index (χ1n) is 17.7. The highest BCUT2D eigenvalue weighted by Crippen LogP contribution is 2.34. The topological polar surface area (TPSA) is 32.0 Å². The minimum absolute atomic E-state index is 0.406. The molecule has 0 aliphatic carbocycles. The molecule has 4 nitrogen and oxygen atoms in total. The molecule has 52 heavy (non-hydrogen) atoms. The lowest BCUT2D eigenvalue weighted by Gasteiger charge is -2.20. The van der Waals surface area contributed by atoms with Crippen molar-refractivity contribution in [2.45, 2.75) is 0 Å². The maximum atomic E-state index is 7.22. The van der Waals surface area contributed by atoms with Crippen LogP contribution in [-0.4, -0.2) is 21.0 Å². The van der Waals surface area contributed by atoms with Gasteiger partial charge in [0.25, 0.3) is 0 Å². The highest BCUT2D eigenvalue weighted by molar-refractivity contribution is 6.81. The van der Waals surface area contributed by atoms with Gasteiger partial charge in [-0.05, 0) is 83.7 Å². The fourth-order valence-corrected chi connectivity index (χ4v) is 7.78. The molecule has 10 aromatic rings. The molecule has 0 amide bonds. The van der Waals surface area contributed by atoms with E-state index in [4.69, 9.17) is 9.64 Å². The number of fused-ring (bicyclic) bond motifs is 6. The Balaban J connectivity index is 1.20. The second-order valence-corrected chi connectivity index (χ2v) is 13.1. The molecule has 10 rings (SSSR count). The summed E-state index contributed by atoms with van der Waals surface area (Å²) in [4.78, 5) is 4.69. The van der Waals surface area contributed by atoms with Crippen LogP contribution in [0.4, 0.5) is 0 Å². The number of para-hydroxylation sites is 5. The van der Waals surface area contributed by atoms with Crippen LogP contribution >= 0.6 is 0 Å². The molecular weight excluding hydrogens is 633 g/mol. The van der Waals surface area contributed by atoms with E-state index >= 15 is 0 Å². The average molecular weight is 666 g/mol. The summed E-state index contributed by atoms with van der Waals surface area (Å²) in [6, 6.07) is 66.3. The lowest BCUT2D eigenvalue weighted by molar-refractivity contribution is 0.594.